The van der Waals surface area contributed by atoms with Crippen molar-refractivity contribution in [2.24, 2.45) is 5.41 Å². The summed E-state index contributed by atoms with van der Waals surface area (Å²) < 4.78 is 0. The molecule has 1 aliphatic rings. The molecule has 1 fully saturated rings. The Morgan fingerprint density at radius 2 is 1.78 bits per heavy atom. The molecule has 1 aliphatic carbocycles. The van der Waals surface area contributed by atoms with E-state index >= 15 is 0 Å². The smallest absolute Gasteiger partial charge is 0.0878 e. The molecule has 0 aromatic rings. The van der Waals surface area contributed by atoms with E-state index in [0.717, 1.165) is 32.1 Å². The summed E-state index contributed by atoms with van der Waals surface area (Å²) >= 11 is 6.12. The first-order valence-corrected chi connectivity index (χ1v) is 7.89. The highest BCUT2D eigenvalue weighted by Crippen LogP contribution is 2.42. The average Bonchev–Trinajstić information content (AvgIpc) is 2.31. The van der Waals surface area contributed by atoms with Crippen LogP contribution >= 0.6 is 11.6 Å². The van der Waals surface area contributed by atoms with Gasteiger partial charge in [-0.05, 0) is 31.1 Å². The van der Waals surface area contributed by atoms with Crippen molar-refractivity contribution in [1.29, 1.82) is 0 Å². The summed E-state index contributed by atoms with van der Waals surface area (Å²) in [5, 5.41) is 11.2. The molecule has 106 valence electrons. The van der Waals surface area contributed by atoms with Crippen molar-refractivity contribution in [2.75, 3.05) is 0 Å². The van der Waals surface area contributed by atoms with Gasteiger partial charge in [0.1, 0.15) is 0 Å². The van der Waals surface area contributed by atoms with E-state index in [-0.39, 0.29) is 10.8 Å². The molecule has 1 unspecified atom stereocenters. The summed E-state index contributed by atoms with van der Waals surface area (Å²) in [6.45, 7) is 6.49. The van der Waals surface area contributed by atoms with E-state index in [9.17, 15) is 5.11 Å². The van der Waals surface area contributed by atoms with Crippen LogP contribution in [0.25, 0.3) is 0 Å². The van der Waals surface area contributed by atoms with Crippen LogP contribution in [0.4, 0.5) is 0 Å². The lowest BCUT2D eigenvalue weighted by atomic mass is 9.67. The Labute approximate surface area is 118 Å². The van der Waals surface area contributed by atoms with Gasteiger partial charge in [0.05, 0.1) is 5.60 Å². The quantitative estimate of drug-likeness (QED) is 0.560. The van der Waals surface area contributed by atoms with Crippen LogP contribution in [0, 0.1) is 5.41 Å². The number of hydrogen-bond acceptors (Lipinski definition) is 1. The second-order valence-electron chi connectivity index (χ2n) is 6.37. The highest BCUT2D eigenvalue weighted by Gasteiger charge is 2.40. The van der Waals surface area contributed by atoms with Crippen LogP contribution in [-0.4, -0.2) is 16.1 Å². The number of alkyl halides is 1. The fourth-order valence-electron chi connectivity index (χ4n) is 2.76. The SMILES string of the molecule is CC[C@H](Cl)C/C=C/C1(O)CCCCCCC1(C)C. The normalized spacial score (nSPS) is 30.9. The topological polar surface area (TPSA) is 20.2 Å². The predicted octanol–water partition coefficient (Wildman–Crippen LogP) is 5.06. The highest BCUT2D eigenvalue weighted by molar-refractivity contribution is 6.20. The lowest BCUT2D eigenvalue weighted by molar-refractivity contribution is -0.0434. The highest BCUT2D eigenvalue weighted by atomic mass is 35.5. The minimum atomic E-state index is -0.655. The maximum absolute atomic E-state index is 11.0. The molecule has 0 aromatic carbocycles. The second-order valence-corrected chi connectivity index (χ2v) is 6.98. The zero-order chi connectivity index (χ0) is 13.6. The predicted molar refractivity (Wildman–Crippen MR) is 80.1 cm³/mol. The molecule has 0 amide bonds. The van der Waals surface area contributed by atoms with E-state index in [2.05, 4.69) is 26.8 Å². The molecule has 0 radical (unpaired) electrons. The fraction of sp³-hybridized carbons (Fsp3) is 0.875. The molecule has 0 aromatic heterocycles. The molecule has 2 heteroatoms. The monoisotopic (exact) mass is 272 g/mol. The maximum atomic E-state index is 11.0. The van der Waals surface area contributed by atoms with E-state index in [0.29, 0.717) is 0 Å². The number of halogens is 1. The Kier molecular flexibility index (Phi) is 6.20. The van der Waals surface area contributed by atoms with Crippen molar-refractivity contribution < 1.29 is 5.11 Å². The average molecular weight is 273 g/mol. The molecule has 1 nitrogen and oxygen atoms in total. The van der Waals surface area contributed by atoms with Gasteiger partial charge in [0, 0.05) is 5.38 Å². The Bertz CT molecular complexity index is 272. The molecular weight excluding hydrogens is 244 g/mol. The number of aliphatic hydroxyl groups is 1. The van der Waals surface area contributed by atoms with Crippen molar-refractivity contribution in [1.82, 2.24) is 0 Å². The van der Waals surface area contributed by atoms with Gasteiger partial charge in [-0.2, -0.15) is 0 Å². The Morgan fingerprint density at radius 1 is 1.17 bits per heavy atom. The molecular formula is C16H29ClO. The lowest BCUT2D eigenvalue weighted by Gasteiger charge is -2.42. The van der Waals surface area contributed by atoms with Gasteiger partial charge in [-0.25, -0.2) is 0 Å². The van der Waals surface area contributed by atoms with Crippen molar-refractivity contribution in [3.63, 3.8) is 0 Å². The van der Waals surface area contributed by atoms with Crippen molar-refractivity contribution in [3.8, 4) is 0 Å². The molecule has 2 atom stereocenters. The molecule has 0 heterocycles. The van der Waals surface area contributed by atoms with Gasteiger partial charge < -0.3 is 5.11 Å². The molecule has 0 bridgehead atoms. The van der Waals surface area contributed by atoms with Gasteiger partial charge >= 0.3 is 0 Å². The summed E-state index contributed by atoms with van der Waals surface area (Å²) in [4.78, 5) is 0. The molecule has 1 rings (SSSR count). The molecule has 1 saturated carbocycles. The number of hydrogen-bond donors (Lipinski definition) is 1. The van der Waals surface area contributed by atoms with Crippen LogP contribution in [-0.2, 0) is 0 Å². The third kappa shape index (κ3) is 4.28. The Hall–Kier alpha value is -0.0100. The molecule has 1 N–H and O–H groups in total. The number of allylic oxidation sites excluding steroid dienone is 1. The van der Waals surface area contributed by atoms with Gasteiger partial charge in [-0.1, -0.05) is 58.6 Å². The maximum Gasteiger partial charge on any atom is 0.0878 e. The summed E-state index contributed by atoms with van der Waals surface area (Å²) in [5.74, 6) is 0. The fourth-order valence-corrected chi connectivity index (χ4v) is 2.86. The Morgan fingerprint density at radius 3 is 2.39 bits per heavy atom. The van der Waals surface area contributed by atoms with Crippen LogP contribution in [0.5, 0.6) is 0 Å². The molecule has 0 spiro atoms. The van der Waals surface area contributed by atoms with E-state index in [1.54, 1.807) is 0 Å². The van der Waals surface area contributed by atoms with Crippen molar-refractivity contribution in [3.05, 3.63) is 12.2 Å². The second kappa shape index (κ2) is 6.96. The van der Waals surface area contributed by atoms with Crippen LogP contribution in [0.15, 0.2) is 12.2 Å². The van der Waals surface area contributed by atoms with Gasteiger partial charge in [-0.3, -0.25) is 0 Å². The molecule has 18 heavy (non-hydrogen) atoms. The van der Waals surface area contributed by atoms with E-state index in [1.807, 2.05) is 6.08 Å². The standard InChI is InChI=1S/C16H29ClO/c1-4-14(17)10-9-13-16(18)12-8-6-5-7-11-15(16,2)3/h9,13-14,18H,4-8,10-12H2,1-3H3/b13-9+/t14-,16?/m0/s1. The largest absolute Gasteiger partial charge is 0.385 e. The van der Waals surface area contributed by atoms with Crippen molar-refractivity contribution in [2.45, 2.75) is 83.1 Å². The van der Waals surface area contributed by atoms with Crippen LogP contribution < -0.4 is 0 Å². The van der Waals surface area contributed by atoms with E-state index in [4.69, 9.17) is 11.6 Å². The summed E-state index contributed by atoms with van der Waals surface area (Å²) in [5.41, 5.74) is -0.685. The van der Waals surface area contributed by atoms with Gasteiger partial charge in [-0.15, -0.1) is 11.6 Å². The van der Waals surface area contributed by atoms with Crippen LogP contribution in [0.3, 0.4) is 0 Å². The minimum Gasteiger partial charge on any atom is -0.385 e. The van der Waals surface area contributed by atoms with Crippen LogP contribution in [0.2, 0.25) is 0 Å². The first kappa shape index (κ1) is 16.0. The van der Waals surface area contributed by atoms with Gasteiger partial charge in [0.25, 0.3) is 0 Å². The van der Waals surface area contributed by atoms with E-state index in [1.165, 1.54) is 19.3 Å². The molecule has 0 saturated heterocycles. The third-order valence-corrected chi connectivity index (χ3v) is 5.00. The minimum absolute atomic E-state index is 0.0298. The zero-order valence-corrected chi connectivity index (χ0v) is 13.0. The summed E-state index contributed by atoms with van der Waals surface area (Å²) in [6, 6.07) is 0. The van der Waals surface area contributed by atoms with Gasteiger partial charge in [0.2, 0.25) is 0 Å². The number of rotatable bonds is 4. The lowest BCUT2D eigenvalue weighted by Crippen LogP contribution is -2.43. The zero-order valence-electron chi connectivity index (χ0n) is 12.2. The summed E-state index contributed by atoms with van der Waals surface area (Å²) in [6.07, 6.45) is 12.9. The Balaban J connectivity index is 2.71. The first-order chi connectivity index (χ1) is 8.41. The first-order valence-electron chi connectivity index (χ1n) is 7.45. The third-order valence-electron chi connectivity index (χ3n) is 4.51. The summed E-state index contributed by atoms with van der Waals surface area (Å²) in [7, 11) is 0. The van der Waals surface area contributed by atoms with E-state index < -0.39 is 5.60 Å². The van der Waals surface area contributed by atoms with Gasteiger partial charge in [0.15, 0.2) is 0 Å². The van der Waals surface area contributed by atoms with Crippen LogP contribution in [0.1, 0.15) is 72.1 Å². The van der Waals surface area contributed by atoms with Crippen molar-refractivity contribution >= 4 is 11.6 Å². The molecule has 0 aliphatic heterocycles.